The number of hydrogen-bond acceptors (Lipinski definition) is 7. The second-order valence-corrected chi connectivity index (χ2v) is 7.62. The van der Waals surface area contributed by atoms with Crippen LogP contribution in [0.25, 0.3) is 0 Å². The Kier molecular flexibility index (Phi) is 5.84. The topological polar surface area (TPSA) is 133 Å². The maximum Gasteiger partial charge on any atom is 0.235 e. The quantitative estimate of drug-likeness (QED) is 0.717. The Labute approximate surface area is 167 Å². The number of anilines is 1. The molecule has 2 aromatic rings. The van der Waals surface area contributed by atoms with Crippen LogP contribution in [-0.2, 0) is 11.2 Å². The van der Waals surface area contributed by atoms with Gasteiger partial charge >= 0.3 is 0 Å². The molecule has 0 saturated carbocycles. The predicted molar refractivity (Wildman–Crippen MR) is 107 cm³/mol. The van der Waals surface area contributed by atoms with Gasteiger partial charge in [-0.1, -0.05) is 49.0 Å². The monoisotopic (exact) mass is 392 g/mol. The van der Waals surface area contributed by atoms with Gasteiger partial charge in [-0.25, -0.2) is 4.98 Å². The first-order valence-corrected chi connectivity index (χ1v) is 9.76. The highest BCUT2D eigenvalue weighted by atomic mass is 32.2. The van der Waals surface area contributed by atoms with Crippen molar-refractivity contribution in [1.29, 1.82) is 10.5 Å². The lowest BCUT2D eigenvalue weighted by Crippen LogP contribution is -2.56. The van der Waals surface area contributed by atoms with Crippen LogP contribution in [0.2, 0.25) is 0 Å². The Bertz CT molecular complexity index is 973. The first-order chi connectivity index (χ1) is 13.5. The zero-order chi connectivity index (χ0) is 20.3. The maximum atomic E-state index is 12.1. The molecule has 2 heterocycles. The van der Waals surface area contributed by atoms with Gasteiger partial charge in [0.15, 0.2) is 0 Å². The van der Waals surface area contributed by atoms with Crippen molar-refractivity contribution in [1.82, 2.24) is 4.98 Å². The first kappa shape index (κ1) is 19.7. The van der Waals surface area contributed by atoms with E-state index in [2.05, 4.69) is 17.1 Å². The van der Waals surface area contributed by atoms with E-state index in [-0.39, 0.29) is 6.04 Å². The van der Waals surface area contributed by atoms with Crippen molar-refractivity contribution in [3.63, 3.8) is 0 Å². The molecule has 1 fully saturated rings. The highest BCUT2D eigenvalue weighted by molar-refractivity contribution is 8.00. The SMILES string of the molecule is CCc1c(C#N)c(S[C@H](C(N)=O)c2ccccc2)nc(N2CC(N)C2)c1C#N. The van der Waals surface area contributed by atoms with Crippen LogP contribution in [0.4, 0.5) is 5.82 Å². The summed E-state index contributed by atoms with van der Waals surface area (Å²) in [5, 5.41) is 19.2. The summed E-state index contributed by atoms with van der Waals surface area (Å²) in [7, 11) is 0. The third kappa shape index (κ3) is 3.65. The number of carbonyl (C=O) groups is 1. The van der Waals surface area contributed by atoms with Crippen molar-refractivity contribution in [2.24, 2.45) is 11.5 Å². The summed E-state index contributed by atoms with van der Waals surface area (Å²) >= 11 is 1.14. The van der Waals surface area contributed by atoms with Gasteiger partial charge < -0.3 is 16.4 Å². The minimum Gasteiger partial charge on any atom is -0.368 e. The molecule has 7 nitrogen and oxygen atoms in total. The molecule has 0 bridgehead atoms. The van der Waals surface area contributed by atoms with Crippen LogP contribution >= 0.6 is 11.8 Å². The van der Waals surface area contributed by atoms with Crippen LogP contribution < -0.4 is 16.4 Å². The standard InChI is InChI=1S/C20H20N6OS/c1-2-14-15(8-21)19(26-10-13(23)11-26)25-20(16(14)9-22)28-17(18(24)27)12-6-4-3-5-7-12/h3-7,13,17H,2,10-11,23H2,1H3,(H2,24,27)/t17-/m0/s1. The molecular formula is C20H20N6OS. The molecule has 1 amide bonds. The molecule has 0 spiro atoms. The fourth-order valence-corrected chi connectivity index (χ4v) is 4.27. The lowest BCUT2D eigenvalue weighted by molar-refractivity contribution is -0.117. The van der Waals surface area contributed by atoms with Crippen molar-refractivity contribution in [3.8, 4) is 12.1 Å². The zero-order valence-corrected chi connectivity index (χ0v) is 16.2. The third-order valence-corrected chi connectivity index (χ3v) is 5.88. The number of nitrogens with zero attached hydrogens (tertiary/aromatic N) is 4. The van der Waals surface area contributed by atoms with Crippen LogP contribution in [0.1, 0.15) is 34.4 Å². The van der Waals surface area contributed by atoms with Gasteiger partial charge in [-0.15, -0.1) is 0 Å². The molecule has 1 aliphatic heterocycles. The van der Waals surface area contributed by atoms with Gasteiger partial charge in [0.1, 0.15) is 28.2 Å². The van der Waals surface area contributed by atoms with E-state index < -0.39 is 11.2 Å². The Morgan fingerprint density at radius 2 is 1.93 bits per heavy atom. The average molecular weight is 392 g/mol. The highest BCUT2D eigenvalue weighted by Crippen LogP contribution is 2.40. The number of rotatable bonds is 6. The van der Waals surface area contributed by atoms with Crippen molar-refractivity contribution in [3.05, 3.63) is 52.6 Å². The summed E-state index contributed by atoms with van der Waals surface area (Å²) in [6, 6.07) is 13.5. The summed E-state index contributed by atoms with van der Waals surface area (Å²) in [5.41, 5.74) is 13.6. The van der Waals surface area contributed by atoms with Gasteiger partial charge in [-0.2, -0.15) is 10.5 Å². The van der Waals surface area contributed by atoms with E-state index in [1.807, 2.05) is 42.2 Å². The number of nitriles is 2. The van der Waals surface area contributed by atoms with Gasteiger partial charge in [0, 0.05) is 19.1 Å². The highest BCUT2D eigenvalue weighted by Gasteiger charge is 2.31. The van der Waals surface area contributed by atoms with Crippen molar-refractivity contribution in [2.75, 3.05) is 18.0 Å². The molecule has 142 valence electrons. The lowest BCUT2D eigenvalue weighted by Gasteiger charge is -2.38. The average Bonchev–Trinajstić information content (AvgIpc) is 2.68. The van der Waals surface area contributed by atoms with E-state index >= 15 is 0 Å². The van der Waals surface area contributed by atoms with E-state index in [0.717, 1.165) is 17.3 Å². The predicted octanol–water partition coefficient (Wildman–Crippen LogP) is 1.85. The van der Waals surface area contributed by atoms with E-state index in [9.17, 15) is 15.3 Å². The van der Waals surface area contributed by atoms with E-state index in [1.54, 1.807) is 0 Å². The fourth-order valence-electron chi connectivity index (χ4n) is 3.21. The van der Waals surface area contributed by atoms with Crippen LogP contribution in [0.3, 0.4) is 0 Å². The lowest BCUT2D eigenvalue weighted by atomic mass is 10.00. The molecule has 4 N–H and O–H groups in total. The minimum absolute atomic E-state index is 0.0350. The second kappa shape index (κ2) is 8.30. The Morgan fingerprint density at radius 3 is 2.43 bits per heavy atom. The number of hydrogen-bond donors (Lipinski definition) is 2. The van der Waals surface area contributed by atoms with Gasteiger partial charge in [-0.3, -0.25) is 4.79 Å². The molecule has 1 aliphatic rings. The van der Waals surface area contributed by atoms with E-state index in [1.165, 1.54) is 0 Å². The molecule has 28 heavy (non-hydrogen) atoms. The Balaban J connectivity index is 2.11. The van der Waals surface area contributed by atoms with Crippen molar-refractivity contribution < 1.29 is 4.79 Å². The molecule has 3 rings (SSSR count). The van der Waals surface area contributed by atoms with Gasteiger partial charge in [0.25, 0.3) is 0 Å². The number of primary amides is 1. The number of aromatic nitrogens is 1. The van der Waals surface area contributed by atoms with Crippen LogP contribution in [0.5, 0.6) is 0 Å². The Morgan fingerprint density at radius 1 is 1.29 bits per heavy atom. The normalized spacial score (nSPS) is 14.6. The number of nitrogens with two attached hydrogens (primary N) is 2. The number of thioether (sulfide) groups is 1. The Hall–Kier alpha value is -3.07. The molecule has 1 saturated heterocycles. The molecule has 1 atom stereocenters. The van der Waals surface area contributed by atoms with E-state index in [4.69, 9.17) is 11.5 Å². The van der Waals surface area contributed by atoms with Gasteiger partial charge in [0.2, 0.25) is 5.91 Å². The first-order valence-electron chi connectivity index (χ1n) is 8.88. The summed E-state index contributed by atoms with van der Waals surface area (Å²) < 4.78 is 0. The number of benzene rings is 1. The second-order valence-electron chi connectivity index (χ2n) is 6.52. The number of carbonyl (C=O) groups excluding carboxylic acids is 1. The van der Waals surface area contributed by atoms with Gasteiger partial charge in [-0.05, 0) is 17.5 Å². The molecule has 0 unspecified atom stereocenters. The fraction of sp³-hybridized carbons (Fsp3) is 0.300. The smallest absolute Gasteiger partial charge is 0.235 e. The van der Waals surface area contributed by atoms with Crippen molar-refractivity contribution in [2.45, 2.75) is 29.7 Å². The largest absolute Gasteiger partial charge is 0.368 e. The summed E-state index contributed by atoms with van der Waals surface area (Å²) in [5.74, 6) is -0.00403. The molecule has 8 heteroatoms. The van der Waals surface area contributed by atoms with Crippen molar-refractivity contribution >= 4 is 23.5 Å². The maximum absolute atomic E-state index is 12.1. The molecule has 1 aromatic heterocycles. The summed E-state index contributed by atoms with van der Waals surface area (Å²) in [4.78, 5) is 18.7. The van der Waals surface area contributed by atoms with Gasteiger partial charge in [0.05, 0.1) is 11.1 Å². The molecular weight excluding hydrogens is 372 g/mol. The van der Waals surface area contributed by atoms with Crippen LogP contribution in [-0.4, -0.2) is 30.0 Å². The zero-order valence-electron chi connectivity index (χ0n) is 15.4. The molecule has 0 aliphatic carbocycles. The summed E-state index contributed by atoms with van der Waals surface area (Å²) in [6.45, 7) is 3.08. The third-order valence-electron chi connectivity index (χ3n) is 4.63. The molecule has 1 aromatic carbocycles. The van der Waals surface area contributed by atoms with Crippen LogP contribution in [0.15, 0.2) is 35.4 Å². The minimum atomic E-state index is -0.690. The van der Waals surface area contributed by atoms with E-state index in [0.29, 0.717) is 47.0 Å². The number of amides is 1. The van der Waals surface area contributed by atoms with Crippen LogP contribution in [0, 0.1) is 22.7 Å². The number of pyridine rings is 1. The summed E-state index contributed by atoms with van der Waals surface area (Å²) in [6.07, 6.45) is 0.501. The molecule has 0 radical (unpaired) electrons.